The summed E-state index contributed by atoms with van der Waals surface area (Å²) in [5, 5.41) is 8.39. The van der Waals surface area contributed by atoms with Gasteiger partial charge in [0.1, 0.15) is 12.1 Å². The van der Waals surface area contributed by atoms with Crippen molar-refractivity contribution in [1.29, 1.82) is 0 Å². The third-order valence-corrected chi connectivity index (χ3v) is 7.79. The number of nitrogens with two attached hydrogens (primary N) is 1. The van der Waals surface area contributed by atoms with Crippen LogP contribution in [0.2, 0.25) is 0 Å². The van der Waals surface area contributed by atoms with E-state index < -0.39 is 18.0 Å². The molecule has 41 heavy (non-hydrogen) atoms. The van der Waals surface area contributed by atoms with Crippen LogP contribution in [0.25, 0.3) is 0 Å². The van der Waals surface area contributed by atoms with E-state index in [-0.39, 0.29) is 30.3 Å². The lowest BCUT2D eigenvalue weighted by atomic mass is 9.83. The van der Waals surface area contributed by atoms with Crippen molar-refractivity contribution in [1.82, 2.24) is 20.9 Å². The number of rotatable bonds is 7. The topological polar surface area (TPSA) is 134 Å². The zero-order valence-electron chi connectivity index (χ0n) is 26.2. The molecular weight excluding hydrogens is 518 g/mol. The van der Waals surface area contributed by atoms with Crippen LogP contribution in [0.5, 0.6) is 0 Å². The molecule has 0 aromatic heterocycles. The van der Waals surface area contributed by atoms with Crippen molar-refractivity contribution in [2.24, 2.45) is 11.7 Å². The number of fused-ring (bicyclic) bond motifs is 1. The van der Waals surface area contributed by atoms with Crippen LogP contribution in [0.1, 0.15) is 97.1 Å². The van der Waals surface area contributed by atoms with Gasteiger partial charge in [-0.15, -0.1) is 0 Å². The van der Waals surface area contributed by atoms with E-state index in [4.69, 9.17) is 5.73 Å². The molecule has 2 fully saturated rings. The van der Waals surface area contributed by atoms with Gasteiger partial charge in [0, 0.05) is 25.6 Å². The summed E-state index contributed by atoms with van der Waals surface area (Å²) in [6.45, 7) is 9.85. The van der Waals surface area contributed by atoms with Crippen molar-refractivity contribution in [2.75, 3.05) is 13.6 Å². The van der Waals surface area contributed by atoms with Gasteiger partial charge >= 0.3 is 0 Å². The fourth-order valence-corrected chi connectivity index (χ4v) is 5.55. The highest BCUT2D eigenvalue weighted by molar-refractivity contribution is 5.91. The highest BCUT2D eigenvalue weighted by atomic mass is 16.2. The standard InChI is InChI=1S/C16H26N4O4.C10H12.C4H11N.C2H6/c1-10(22)19-12-7-13(15(17)23)20(8-12)16(24)14(18-9-21)11-5-3-2-4-6-11;1-2-6-10-8-4-3-7-9(10)5-1;1-4(2)5-3;1-2/h9,11-14H,2-8H2,1H3,(H2,17,23)(H,18,21)(H,19,22);1-2,5-6H,3-4,7-8H2;4-5H,1-3H3;1-2H3. The second kappa shape index (κ2) is 20.0. The summed E-state index contributed by atoms with van der Waals surface area (Å²) < 4.78 is 0. The third kappa shape index (κ3) is 12.6. The van der Waals surface area contributed by atoms with E-state index in [2.05, 4.69) is 54.1 Å². The maximum absolute atomic E-state index is 13.0. The Morgan fingerprint density at radius 1 is 0.976 bits per heavy atom. The molecule has 4 amide bonds. The number of carbonyl (C=O) groups excluding carboxylic acids is 4. The average molecular weight is 574 g/mol. The molecule has 3 aliphatic rings. The number of likely N-dealkylation sites (tertiary alicyclic amines) is 1. The molecule has 9 nitrogen and oxygen atoms in total. The molecule has 1 saturated heterocycles. The first kappa shape index (κ1) is 36.1. The molecule has 5 N–H and O–H groups in total. The summed E-state index contributed by atoms with van der Waals surface area (Å²) in [4.78, 5) is 48.3. The molecule has 3 atom stereocenters. The summed E-state index contributed by atoms with van der Waals surface area (Å²) in [5.41, 5.74) is 8.59. The van der Waals surface area contributed by atoms with Gasteiger partial charge in [0.25, 0.3) is 0 Å². The molecule has 1 saturated carbocycles. The van der Waals surface area contributed by atoms with E-state index in [1.165, 1.54) is 37.5 Å². The Morgan fingerprint density at radius 3 is 1.95 bits per heavy atom. The number of carbonyl (C=O) groups is 4. The van der Waals surface area contributed by atoms with Gasteiger partial charge in [-0.05, 0) is 69.0 Å². The molecule has 0 bridgehead atoms. The highest BCUT2D eigenvalue weighted by Gasteiger charge is 2.42. The minimum atomic E-state index is -0.756. The largest absolute Gasteiger partial charge is 0.368 e. The molecule has 9 heteroatoms. The number of hydrogen-bond acceptors (Lipinski definition) is 5. The van der Waals surface area contributed by atoms with Crippen LogP contribution in [0.3, 0.4) is 0 Å². The van der Waals surface area contributed by atoms with E-state index in [0.717, 1.165) is 32.1 Å². The lowest BCUT2D eigenvalue weighted by Gasteiger charge is -2.33. The van der Waals surface area contributed by atoms with Gasteiger partial charge in [0.15, 0.2) is 0 Å². The van der Waals surface area contributed by atoms with Gasteiger partial charge < -0.3 is 26.6 Å². The first-order valence-corrected chi connectivity index (χ1v) is 15.5. The Kier molecular flexibility index (Phi) is 17.6. The Bertz CT molecular complexity index is 907. The maximum atomic E-state index is 13.0. The summed E-state index contributed by atoms with van der Waals surface area (Å²) in [5.74, 6) is -1.02. The van der Waals surface area contributed by atoms with Crippen LogP contribution in [0.4, 0.5) is 0 Å². The van der Waals surface area contributed by atoms with Crippen LogP contribution in [0, 0.1) is 5.92 Å². The molecule has 1 aliphatic heterocycles. The van der Waals surface area contributed by atoms with E-state index in [9.17, 15) is 19.2 Å². The molecule has 0 spiro atoms. The number of aryl methyl sites for hydroxylation is 2. The minimum absolute atomic E-state index is 0.0739. The number of nitrogens with one attached hydrogen (secondary N) is 3. The van der Waals surface area contributed by atoms with Crippen molar-refractivity contribution in [3.8, 4) is 0 Å². The first-order chi connectivity index (χ1) is 19.7. The minimum Gasteiger partial charge on any atom is -0.368 e. The smallest absolute Gasteiger partial charge is 0.246 e. The SMILES string of the molecule is CC.CC(=O)NC1CC(C(N)=O)N(C(=O)C(NC=O)C2CCCCC2)C1.CNC(C)C.c1ccc2c(c1)CCCC2. The van der Waals surface area contributed by atoms with Crippen LogP contribution < -0.4 is 21.7 Å². The Balaban J connectivity index is 0.000000402. The normalized spacial score (nSPS) is 20.4. The molecular formula is C32H55N5O4. The molecule has 0 radical (unpaired) electrons. The summed E-state index contributed by atoms with van der Waals surface area (Å²) in [6, 6.07) is 7.74. The Hall–Kier alpha value is -2.94. The van der Waals surface area contributed by atoms with Gasteiger partial charge in [-0.2, -0.15) is 0 Å². The second-order valence-corrected chi connectivity index (χ2v) is 11.1. The van der Waals surface area contributed by atoms with Crippen molar-refractivity contribution in [3.63, 3.8) is 0 Å². The first-order valence-electron chi connectivity index (χ1n) is 15.5. The quantitative estimate of drug-likeness (QED) is 0.371. The average Bonchev–Trinajstić information content (AvgIpc) is 3.41. The van der Waals surface area contributed by atoms with Crippen LogP contribution >= 0.6 is 0 Å². The molecule has 232 valence electrons. The molecule has 3 unspecified atom stereocenters. The van der Waals surface area contributed by atoms with Crippen molar-refractivity contribution >= 4 is 24.1 Å². The van der Waals surface area contributed by atoms with Crippen LogP contribution in [-0.2, 0) is 32.0 Å². The maximum Gasteiger partial charge on any atom is 0.246 e. The van der Waals surface area contributed by atoms with E-state index in [1.807, 2.05) is 20.9 Å². The predicted octanol–water partition coefficient (Wildman–Crippen LogP) is 3.48. The third-order valence-electron chi connectivity index (χ3n) is 7.79. The zero-order chi connectivity index (χ0) is 30.8. The fourth-order valence-electron chi connectivity index (χ4n) is 5.55. The second-order valence-electron chi connectivity index (χ2n) is 11.1. The molecule has 2 aliphatic carbocycles. The fraction of sp³-hybridized carbons (Fsp3) is 0.688. The van der Waals surface area contributed by atoms with E-state index in [1.54, 1.807) is 11.1 Å². The number of benzene rings is 1. The molecule has 1 heterocycles. The van der Waals surface area contributed by atoms with Gasteiger partial charge in [-0.25, -0.2) is 0 Å². The van der Waals surface area contributed by atoms with E-state index >= 15 is 0 Å². The molecule has 4 rings (SSSR count). The van der Waals surface area contributed by atoms with Gasteiger partial charge in [0.05, 0.1) is 0 Å². The van der Waals surface area contributed by atoms with Gasteiger partial charge in [-0.1, -0.05) is 71.2 Å². The highest BCUT2D eigenvalue weighted by Crippen LogP contribution is 2.29. The van der Waals surface area contributed by atoms with Gasteiger partial charge in [0.2, 0.25) is 24.1 Å². The number of amides is 4. The number of nitrogens with zero attached hydrogens (tertiary/aromatic N) is 1. The van der Waals surface area contributed by atoms with Crippen molar-refractivity contribution < 1.29 is 19.2 Å². The lowest BCUT2D eigenvalue weighted by molar-refractivity contribution is -0.141. The Morgan fingerprint density at radius 2 is 1.51 bits per heavy atom. The monoisotopic (exact) mass is 573 g/mol. The molecule has 1 aromatic rings. The van der Waals surface area contributed by atoms with E-state index in [0.29, 0.717) is 18.9 Å². The van der Waals surface area contributed by atoms with Crippen LogP contribution in [0.15, 0.2) is 24.3 Å². The molecule has 1 aromatic carbocycles. The summed E-state index contributed by atoms with van der Waals surface area (Å²) in [6.07, 6.45) is 11.2. The summed E-state index contributed by atoms with van der Waals surface area (Å²) >= 11 is 0. The van der Waals surface area contributed by atoms with Gasteiger partial charge in [-0.3, -0.25) is 19.2 Å². The Labute approximate surface area is 247 Å². The van der Waals surface area contributed by atoms with Crippen LogP contribution in [-0.4, -0.2) is 66.8 Å². The number of primary amides is 1. The van der Waals surface area contributed by atoms with Crippen molar-refractivity contribution in [3.05, 3.63) is 35.4 Å². The predicted molar refractivity (Wildman–Crippen MR) is 165 cm³/mol. The zero-order valence-corrected chi connectivity index (χ0v) is 26.2. The summed E-state index contributed by atoms with van der Waals surface area (Å²) in [7, 11) is 1.95. The number of hydrogen-bond donors (Lipinski definition) is 4. The lowest BCUT2D eigenvalue weighted by Crippen LogP contribution is -2.54. The van der Waals surface area contributed by atoms with Crippen molar-refractivity contribution in [2.45, 2.75) is 123 Å².